The molecule has 1 atom stereocenters. The predicted molar refractivity (Wildman–Crippen MR) is 106 cm³/mol. The summed E-state index contributed by atoms with van der Waals surface area (Å²) in [6.07, 6.45) is -0.318. The van der Waals surface area contributed by atoms with E-state index in [-0.39, 0.29) is 23.0 Å². The Kier molecular flexibility index (Phi) is 7.23. The highest BCUT2D eigenvalue weighted by atomic mass is 16.4. The highest BCUT2D eigenvalue weighted by Crippen LogP contribution is 2.39. The SMILES string of the molecule is CC(C)(C)c1cc(CCC(=O)NC(CC(=O)O)C(=O)O)cc(C(C)(C)C)c1O. The quantitative estimate of drug-likeness (QED) is 0.565. The van der Waals surface area contributed by atoms with Crippen molar-refractivity contribution in [3.8, 4) is 5.75 Å². The van der Waals surface area contributed by atoms with Gasteiger partial charge in [-0.15, -0.1) is 0 Å². The van der Waals surface area contributed by atoms with Crippen LogP contribution in [0.4, 0.5) is 0 Å². The zero-order valence-electron chi connectivity index (χ0n) is 17.4. The number of phenols is 1. The van der Waals surface area contributed by atoms with Gasteiger partial charge in [-0.3, -0.25) is 9.59 Å². The number of aromatic hydroxyl groups is 1. The van der Waals surface area contributed by atoms with Crippen LogP contribution >= 0.6 is 0 Å². The molecule has 0 saturated carbocycles. The maximum atomic E-state index is 12.1. The maximum Gasteiger partial charge on any atom is 0.326 e. The number of phenolic OH excluding ortho intramolecular Hbond substituents is 1. The maximum absolute atomic E-state index is 12.1. The second-order valence-electron chi connectivity index (χ2n) is 9.10. The number of hydrogen-bond donors (Lipinski definition) is 4. The van der Waals surface area contributed by atoms with E-state index in [1.54, 1.807) is 0 Å². The molecular weight excluding hydrogens is 362 g/mol. The van der Waals surface area contributed by atoms with Crippen molar-refractivity contribution < 1.29 is 29.7 Å². The van der Waals surface area contributed by atoms with Crippen molar-refractivity contribution in [2.24, 2.45) is 0 Å². The van der Waals surface area contributed by atoms with Crippen molar-refractivity contribution in [2.75, 3.05) is 0 Å². The first-order valence-corrected chi connectivity index (χ1v) is 9.23. The minimum Gasteiger partial charge on any atom is -0.507 e. The lowest BCUT2D eigenvalue weighted by molar-refractivity contribution is -0.147. The summed E-state index contributed by atoms with van der Waals surface area (Å²) in [5.74, 6) is -2.96. The van der Waals surface area contributed by atoms with Crippen LogP contribution in [0.5, 0.6) is 5.75 Å². The van der Waals surface area contributed by atoms with Gasteiger partial charge in [-0.1, -0.05) is 53.7 Å². The molecule has 0 bridgehead atoms. The third kappa shape index (κ3) is 6.55. The number of nitrogens with one attached hydrogen (secondary N) is 1. The van der Waals surface area contributed by atoms with E-state index in [1.807, 2.05) is 53.7 Å². The van der Waals surface area contributed by atoms with Crippen LogP contribution in [0.3, 0.4) is 0 Å². The van der Waals surface area contributed by atoms with Gasteiger partial charge in [-0.25, -0.2) is 4.79 Å². The number of rotatable bonds is 7. The molecule has 0 aromatic heterocycles. The highest BCUT2D eigenvalue weighted by Gasteiger charge is 2.27. The summed E-state index contributed by atoms with van der Waals surface area (Å²) in [6.45, 7) is 12.0. The summed E-state index contributed by atoms with van der Waals surface area (Å²) in [7, 11) is 0. The lowest BCUT2D eigenvalue weighted by atomic mass is 9.78. The molecule has 0 aliphatic heterocycles. The van der Waals surface area contributed by atoms with E-state index in [9.17, 15) is 19.5 Å². The third-order valence-electron chi connectivity index (χ3n) is 4.44. The number of carboxylic acid groups (broad SMARTS) is 2. The average molecular weight is 393 g/mol. The molecule has 0 radical (unpaired) electrons. The Hall–Kier alpha value is -2.57. The summed E-state index contributed by atoms with van der Waals surface area (Å²) in [6, 6.07) is 2.27. The Balaban J connectivity index is 3.04. The highest BCUT2D eigenvalue weighted by molar-refractivity contribution is 5.86. The van der Waals surface area contributed by atoms with Crippen molar-refractivity contribution in [1.29, 1.82) is 0 Å². The van der Waals surface area contributed by atoms with Gasteiger partial charge < -0.3 is 20.6 Å². The summed E-state index contributed by atoms with van der Waals surface area (Å²) in [5, 5.41) is 30.8. The van der Waals surface area contributed by atoms with Crippen molar-refractivity contribution in [3.63, 3.8) is 0 Å². The van der Waals surface area contributed by atoms with E-state index in [2.05, 4.69) is 5.32 Å². The van der Waals surface area contributed by atoms with E-state index in [1.165, 1.54) is 0 Å². The Morgan fingerprint density at radius 3 is 1.79 bits per heavy atom. The lowest BCUT2D eigenvalue weighted by Crippen LogP contribution is -2.42. The topological polar surface area (TPSA) is 124 Å². The number of hydrogen-bond acceptors (Lipinski definition) is 4. The van der Waals surface area contributed by atoms with E-state index < -0.39 is 30.3 Å². The number of carbonyl (C=O) groups excluding carboxylic acids is 1. The lowest BCUT2D eigenvalue weighted by Gasteiger charge is -2.28. The second kappa shape index (κ2) is 8.63. The molecule has 0 saturated heterocycles. The van der Waals surface area contributed by atoms with Gasteiger partial charge in [0, 0.05) is 6.42 Å². The fraction of sp³-hybridized carbons (Fsp3) is 0.571. The van der Waals surface area contributed by atoms with Gasteiger partial charge in [0.2, 0.25) is 5.91 Å². The zero-order valence-corrected chi connectivity index (χ0v) is 17.4. The predicted octanol–water partition coefficient (Wildman–Crippen LogP) is 2.96. The molecule has 156 valence electrons. The molecule has 28 heavy (non-hydrogen) atoms. The monoisotopic (exact) mass is 393 g/mol. The van der Waals surface area contributed by atoms with Crippen LogP contribution in [0, 0.1) is 0 Å². The molecule has 1 unspecified atom stereocenters. The summed E-state index contributed by atoms with van der Waals surface area (Å²) < 4.78 is 0. The normalized spacial score (nSPS) is 13.1. The first-order valence-electron chi connectivity index (χ1n) is 9.23. The summed E-state index contributed by atoms with van der Waals surface area (Å²) in [4.78, 5) is 33.9. The molecule has 0 fully saturated rings. The first kappa shape index (κ1) is 23.5. The van der Waals surface area contributed by atoms with E-state index in [4.69, 9.17) is 10.2 Å². The van der Waals surface area contributed by atoms with Gasteiger partial charge in [-0.05, 0) is 33.9 Å². The molecule has 1 aromatic carbocycles. The minimum atomic E-state index is -1.46. The molecule has 1 aromatic rings. The number of aliphatic carboxylic acids is 2. The van der Waals surface area contributed by atoms with E-state index >= 15 is 0 Å². The third-order valence-corrected chi connectivity index (χ3v) is 4.44. The fourth-order valence-electron chi connectivity index (χ4n) is 2.88. The van der Waals surface area contributed by atoms with E-state index in [0.29, 0.717) is 6.42 Å². The van der Waals surface area contributed by atoms with Gasteiger partial charge in [0.05, 0.1) is 6.42 Å². The fourth-order valence-corrected chi connectivity index (χ4v) is 2.88. The van der Waals surface area contributed by atoms with Crippen molar-refractivity contribution >= 4 is 17.8 Å². The number of aryl methyl sites for hydroxylation is 1. The van der Waals surface area contributed by atoms with Crippen LogP contribution in [0.1, 0.15) is 71.1 Å². The van der Waals surface area contributed by atoms with Gasteiger partial charge in [0.15, 0.2) is 0 Å². The van der Waals surface area contributed by atoms with Gasteiger partial charge in [-0.2, -0.15) is 0 Å². The largest absolute Gasteiger partial charge is 0.507 e. The summed E-state index contributed by atoms with van der Waals surface area (Å²) in [5.41, 5.74) is 1.83. The van der Waals surface area contributed by atoms with Crippen molar-refractivity contribution in [1.82, 2.24) is 5.32 Å². The van der Waals surface area contributed by atoms with Crippen LogP contribution < -0.4 is 5.32 Å². The molecule has 4 N–H and O–H groups in total. The van der Waals surface area contributed by atoms with Crippen LogP contribution in [-0.2, 0) is 31.6 Å². The van der Waals surface area contributed by atoms with Crippen LogP contribution in [0.2, 0.25) is 0 Å². The molecule has 0 aliphatic carbocycles. The minimum absolute atomic E-state index is 0.0152. The average Bonchev–Trinajstić information content (AvgIpc) is 2.50. The Labute approximate surface area is 165 Å². The molecule has 1 rings (SSSR count). The van der Waals surface area contributed by atoms with Crippen LogP contribution in [-0.4, -0.2) is 39.2 Å². The van der Waals surface area contributed by atoms with Gasteiger partial charge >= 0.3 is 11.9 Å². The smallest absolute Gasteiger partial charge is 0.326 e. The van der Waals surface area contributed by atoms with Crippen molar-refractivity contribution in [3.05, 3.63) is 28.8 Å². The number of carbonyl (C=O) groups is 3. The standard InChI is InChI=1S/C21H31NO6/c1-20(2,3)13-9-12(10-14(18(13)26)21(4,5)6)7-8-16(23)22-15(19(27)28)11-17(24)25/h9-10,15,26H,7-8,11H2,1-6H3,(H,22,23)(H,24,25)(H,27,28). The number of amides is 1. The van der Waals surface area contributed by atoms with Crippen LogP contribution in [0.15, 0.2) is 12.1 Å². The zero-order chi connectivity index (χ0) is 21.9. The van der Waals surface area contributed by atoms with Gasteiger partial charge in [0.25, 0.3) is 0 Å². The van der Waals surface area contributed by atoms with Crippen LogP contribution in [0.25, 0.3) is 0 Å². The molecule has 7 heteroatoms. The Bertz CT molecular complexity index is 720. The second-order valence-corrected chi connectivity index (χ2v) is 9.10. The first-order chi connectivity index (χ1) is 12.6. The van der Waals surface area contributed by atoms with Gasteiger partial charge in [0.1, 0.15) is 11.8 Å². The van der Waals surface area contributed by atoms with Crippen molar-refractivity contribution in [2.45, 2.75) is 77.7 Å². The van der Waals surface area contributed by atoms with E-state index in [0.717, 1.165) is 16.7 Å². The molecule has 1 amide bonds. The number of carboxylic acids is 2. The molecule has 0 aliphatic rings. The number of benzene rings is 1. The Morgan fingerprint density at radius 2 is 1.43 bits per heavy atom. The molecule has 0 spiro atoms. The Morgan fingerprint density at radius 1 is 0.964 bits per heavy atom. The molecular formula is C21H31NO6. The molecule has 7 nitrogen and oxygen atoms in total. The summed E-state index contributed by atoms with van der Waals surface area (Å²) >= 11 is 0. The molecule has 0 heterocycles.